The molecule has 0 radical (unpaired) electrons. The maximum Gasteiger partial charge on any atom is 0.302 e. The molecule has 34 heavy (non-hydrogen) atoms. The van der Waals surface area contributed by atoms with Gasteiger partial charge in [0, 0.05) is 30.5 Å². The zero-order valence-corrected chi connectivity index (χ0v) is 19.6. The Hall–Kier alpha value is -3.85. The number of hydrogen-bond acceptors (Lipinski definition) is 6. The third-order valence-corrected chi connectivity index (χ3v) is 6.54. The second kappa shape index (κ2) is 9.18. The van der Waals surface area contributed by atoms with Crippen molar-refractivity contribution in [2.24, 2.45) is 12.1 Å². The number of amides is 2. The third-order valence-electron chi connectivity index (χ3n) is 5.66. The van der Waals surface area contributed by atoms with Crippen LogP contribution in [0.2, 0.25) is 0 Å². The minimum atomic E-state index is -0.172. The van der Waals surface area contributed by atoms with Gasteiger partial charge in [-0.05, 0) is 43.3 Å². The standard InChI is InChI=1S/C25H23N5O3S/c1-16-5-7-17(8-6-16)24(31)26-11-12-30-25(32)34-15-20(28-30)18-9-10-21-19(14-18)27-23(29(21)2)22-4-3-13-33-22/h3-10,13-14H,11-12,15H2,1-2H3,(H,26,31). The molecule has 2 aromatic heterocycles. The highest BCUT2D eigenvalue weighted by molar-refractivity contribution is 8.14. The molecule has 0 aliphatic carbocycles. The molecule has 0 spiro atoms. The van der Waals surface area contributed by atoms with Crippen LogP contribution in [0.5, 0.6) is 0 Å². The number of carbonyl (C=O) groups excluding carboxylic acids is 2. The molecular formula is C25H23N5O3S. The van der Waals surface area contributed by atoms with Gasteiger partial charge in [-0.25, -0.2) is 9.99 Å². The summed E-state index contributed by atoms with van der Waals surface area (Å²) < 4.78 is 7.49. The highest BCUT2D eigenvalue weighted by atomic mass is 32.2. The Bertz CT molecular complexity index is 1390. The molecule has 5 rings (SSSR count). The number of fused-ring (bicyclic) bond motifs is 1. The van der Waals surface area contributed by atoms with Crippen LogP contribution in [0.1, 0.15) is 21.5 Å². The summed E-state index contributed by atoms with van der Waals surface area (Å²) in [6, 6.07) is 17.0. The Morgan fingerprint density at radius 1 is 1.18 bits per heavy atom. The van der Waals surface area contributed by atoms with Crippen molar-refractivity contribution in [1.29, 1.82) is 0 Å². The number of benzene rings is 2. The molecule has 9 heteroatoms. The van der Waals surface area contributed by atoms with Gasteiger partial charge in [-0.3, -0.25) is 9.59 Å². The van der Waals surface area contributed by atoms with Crippen molar-refractivity contribution in [3.63, 3.8) is 0 Å². The van der Waals surface area contributed by atoms with Crippen LogP contribution in [-0.2, 0) is 7.05 Å². The lowest BCUT2D eigenvalue weighted by molar-refractivity contribution is 0.0950. The first-order valence-corrected chi connectivity index (χ1v) is 11.9. The molecule has 1 aliphatic heterocycles. The molecule has 0 saturated heterocycles. The average Bonchev–Trinajstić information content (AvgIpc) is 3.48. The van der Waals surface area contributed by atoms with E-state index in [-0.39, 0.29) is 11.1 Å². The van der Waals surface area contributed by atoms with E-state index in [0.29, 0.717) is 30.2 Å². The molecule has 0 bridgehead atoms. The summed E-state index contributed by atoms with van der Waals surface area (Å²) in [6.45, 7) is 2.57. The van der Waals surface area contributed by atoms with Crippen LogP contribution >= 0.6 is 11.8 Å². The lowest BCUT2D eigenvalue weighted by atomic mass is 10.1. The van der Waals surface area contributed by atoms with Crippen molar-refractivity contribution in [1.82, 2.24) is 19.9 Å². The van der Waals surface area contributed by atoms with Gasteiger partial charge >= 0.3 is 5.24 Å². The van der Waals surface area contributed by atoms with Gasteiger partial charge in [-0.2, -0.15) is 5.10 Å². The van der Waals surface area contributed by atoms with Gasteiger partial charge in [0.05, 0.1) is 29.6 Å². The number of rotatable bonds is 6. The maximum absolute atomic E-state index is 12.4. The maximum atomic E-state index is 12.4. The molecule has 2 aromatic carbocycles. The molecule has 4 aromatic rings. The first-order valence-electron chi connectivity index (χ1n) is 10.9. The normalized spacial score (nSPS) is 13.9. The predicted molar refractivity (Wildman–Crippen MR) is 133 cm³/mol. The Labute approximate surface area is 200 Å². The van der Waals surface area contributed by atoms with Crippen LogP contribution in [0.15, 0.2) is 70.4 Å². The van der Waals surface area contributed by atoms with E-state index < -0.39 is 0 Å². The average molecular weight is 474 g/mol. The van der Waals surface area contributed by atoms with Gasteiger partial charge in [0.15, 0.2) is 11.6 Å². The summed E-state index contributed by atoms with van der Waals surface area (Å²) >= 11 is 1.20. The van der Waals surface area contributed by atoms with Gasteiger partial charge in [-0.15, -0.1) is 0 Å². The predicted octanol–water partition coefficient (Wildman–Crippen LogP) is 4.44. The van der Waals surface area contributed by atoms with Crippen LogP contribution in [0, 0.1) is 6.92 Å². The fraction of sp³-hybridized carbons (Fsp3) is 0.200. The van der Waals surface area contributed by atoms with Crippen LogP contribution < -0.4 is 5.32 Å². The van der Waals surface area contributed by atoms with Gasteiger partial charge in [0.25, 0.3) is 5.91 Å². The van der Waals surface area contributed by atoms with Crippen molar-refractivity contribution in [2.75, 3.05) is 18.8 Å². The summed E-state index contributed by atoms with van der Waals surface area (Å²) in [6.07, 6.45) is 1.63. The number of nitrogens with zero attached hydrogens (tertiary/aromatic N) is 4. The molecule has 1 N–H and O–H groups in total. The first-order chi connectivity index (χ1) is 16.5. The number of imidazole rings is 1. The number of carbonyl (C=O) groups is 2. The number of hydrazone groups is 1. The summed E-state index contributed by atoms with van der Waals surface area (Å²) in [4.78, 5) is 29.4. The molecule has 2 amide bonds. The molecule has 0 atom stereocenters. The summed E-state index contributed by atoms with van der Waals surface area (Å²) in [5.41, 5.74) is 5.19. The molecule has 172 valence electrons. The molecule has 0 fully saturated rings. The number of thioether (sulfide) groups is 1. The van der Waals surface area contributed by atoms with Crippen molar-refractivity contribution >= 4 is 39.7 Å². The second-order valence-electron chi connectivity index (χ2n) is 8.02. The Balaban J connectivity index is 1.31. The first kappa shape index (κ1) is 22.0. The van der Waals surface area contributed by atoms with E-state index in [1.165, 1.54) is 16.8 Å². The molecular weight excluding hydrogens is 450 g/mol. The quantitative estimate of drug-likeness (QED) is 0.447. The highest BCUT2D eigenvalue weighted by Crippen LogP contribution is 2.26. The van der Waals surface area contributed by atoms with Crippen molar-refractivity contribution in [3.8, 4) is 11.6 Å². The zero-order valence-electron chi connectivity index (χ0n) is 18.8. The Morgan fingerprint density at radius 3 is 2.76 bits per heavy atom. The molecule has 3 heterocycles. The van der Waals surface area contributed by atoms with E-state index in [2.05, 4.69) is 10.4 Å². The third kappa shape index (κ3) is 4.34. The van der Waals surface area contributed by atoms with Crippen LogP contribution in [-0.4, -0.2) is 50.3 Å². The highest BCUT2D eigenvalue weighted by Gasteiger charge is 2.23. The Morgan fingerprint density at radius 2 is 2.00 bits per heavy atom. The number of nitrogens with one attached hydrogen (secondary N) is 1. The van der Waals surface area contributed by atoms with Crippen LogP contribution in [0.25, 0.3) is 22.6 Å². The van der Waals surface area contributed by atoms with Crippen LogP contribution in [0.4, 0.5) is 4.79 Å². The van der Waals surface area contributed by atoms with E-state index in [1.807, 2.05) is 61.0 Å². The van der Waals surface area contributed by atoms with Gasteiger partial charge < -0.3 is 14.3 Å². The number of hydrogen-bond donors (Lipinski definition) is 1. The summed E-state index contributed by atoms with van der Waals surface area (Å²) in [5, 5.41) is 8.71. The summed E-state index contributed by atoms with van der Waals surface area (Å²) in [7, 11) is 1.95. The van der Waals surface area contributed by atoms with E-state index in [0.717, 1.165) is 33.7 Å². The lowest BCUT2D eigenvalue weighted by Gasteiger charge is -2.23. The van der Waals surface area contributed by atoms with Crippen LogP contribution in [0.3, 0.4) is 0 Å². The molecule has 8 nitrogen and oxygen atoms in total. The SMILES string of the molecule is Cc1ccc(C(=O)NCCN2N=C(c3ccc4c(c3)nc(-c3ccco3)n4C)CSC2=O)cc1. The van der Waals surface area contributed by atoms with Gasteiger partial charge in [0.2, 0.25) is 0 Å². The van der Waals surface area contributed by atoms with E-state index in [1.54, 1.807) is 18.4 Å². The number of aryl methyl sites for hydroxylation is 2. The van der Waals surface area contributed by atoms with Gasteiger partial charge in [0.1, 0.15) is 0 Å². The van der Waals surface area contributed by atoms with E-state index in [9.17, 15) is 9.59 Å². The van der Waals surface area contributed by atoms with Crippen molar-refractivity contribution in [3.05, 3.63) is 77.6 Å². The smallest absolute Gasteiger partial charge is 0.302 e. The largest absolute Gasteiger partial charge is 0.461 e. The van der Waals surface area contributed by atoms with E-state index in [4.69, 9.17) is 9.40 Å². The number of aromatic nitrogens is 2. The molecule has 0 unspecified atom stereocenters. The van der Waals surface area contributed by atoms with Crippen molar-refractivity contribution in [2.45, 2.75) is 6.92 Å². The minimum Gasteiger partial charge on any atom is -0.461 e. The van der Waals surface area contributed by atoms with Gasteiger partial charge in [-0.1, -0.05) is 35.5 Å². The fourth-order valence-electron chi connectivity index (χ4n) is 3.79. The Kier molecular flexibility index (Phi) is 5.93. The van der Waals surface area contributed by atoms with E-state index >= 15 is 0 Å². The fourth-order valence-corrected chi connectivity index (χ4v) is 4.56. The lowest BCUT2D eigenvalue weighted by Crippen LogP contribution is -2.37. The second-order valence-corrected chi connectivity index (χ2v) is 8.95. The molecule has 0 saturated carbocycles. The monoisotopic (exact) mass is 473 g/mol. The van der Waals surface area contributed by atoms with Crippen molar-refractivity contribution < 1.29 is 14.0 Å². The minimum absolute atomic E-state index is 0.132. The topological polar surface area (TPSA) is 92.7 Å². The zero-order chi connectivity index (χ0) is 23.7. The molecule has 1 aliphatic rings. The summed E-state index contributed by atoms with van der Waals surface area (Å²) in [5.74, 6) is 1.76. The number of furan rings is 1.